The molecule has 186 valence electrons. The third-order valence-corrected chi connectivity index (χ3v) is 2.65. The zero-order chi connectivity index (χ0) is 27.4. The van der Waals surface area contributed by atoms with Crippen LogP contribution < -0.4 is 0 Å². The highest BCUT2D eigenvalue weighted by atomic mass is 16.7. The third kappa shape index (κ3) is 8.39. The van der Waals surface area contributed by atoms with Crippen molar-refractivity contribution in [2.24, 2.45) is 62.0 Å². The molecule has 0 bridgehead atoms. The second-order valence-corrected chi connectivity index (χ2v) is 4.66. The maximum absolute atomic E-state index is 10.6. The molecule has 0 spiro atoms. The van der Waals surface area contributed by atoms with Crippen molar-refractivity contribution in [3.8, 4) is 0 Å². The van der Waals surface area contributed by atoms with E-state index in [0.29, 0.717) is 0 Å². The lowest BCUT2D eigenvalue weighted by atomic mass is 10.1. The molecule has 1 rings (SSSR count). The molecule has 0 aliphatic heterocycles. The summed E-state index contributed by atoms with van der Waals surface area (Å²) >= 11 is 0. The lowest BCUT2D eigenvalue weighted by Crippen LogP contribution is -1.88. The van der Waals surface area contributed by atoms with E-state index in [4.69, 9.17) is 0 Å². The number of hydrogen-bond donors (Lipinski definition) is 0. The SMILES string of the molecule is O=[N+]([O-])N=Nc1c(N=N[N+](=O)[O-])c(N=N[N+](=O)[O-])c(N=N[N+](=O)[O-])c(N=N[N+](=O)[O-])c1N=N[N+](=O)[O-]. The fourth-order valence-corrected chi connectivity index (χ4v) is 1.73. The number of benzene rings is 1. The summed E-state index contributed by atoms with van der Waals surface area (Å²) in [7, 11) is 0. The molecular weight excluding hydrogens is 516 g/mol. The number of rotatable bonds is 12. The van der Waals surface area contributed by atoms with Crippen molar-refractivity contribution in [2.75, 3.05) is 0 Å². The topological polar surface area (TPSA) is 407 Å². The van der Waals surface area contributed by atoms with Gasteiger partial charge in [0.25, 0.3) is 0 Å². The molecule has 30 heteroatoms. The number of hydrogen-bond acceptors (Lipinski definition) is 18. The minimum absolute atomic E-state index is 1.34. The van der Waals surface area contributed by atoms with Crippen LogP contribution in [0.3, 0.4) is 0 Å². The van der Waals surface area contributed by atoms with Gasteiger partial charge in [-0.2, -0.15) is 0 Å². The molecule has 0 fully saturated rings. The molecule has 0 aromatic heterocycles. The standard InChI is InChI=1S/C6N18O12/c25-19(26)13-7-1-2(8-14-20(27)28)4(10-16-22(31)32)6(12-18-24(35)36)5(11-17-23(33)34)3(1)9-15-21(29)30. The zero-order valence-electron chi connectivity index (χ0n) is 15.9. The average Bonchev–Trinajstić information content (AvgIpc) is 2.75. The van der Waals surface area contributed by atoms with Gasteiger partial charge in [0.15, 0.2) is 31.3 Å². The largest absolute Gasteiger partial charge is 0.337 e. The Morgan fingerprint density at radius 2 is 0.417 bits per heavy atom. The lowest BCUT2D eigenvalue weighted by Gasteiger charge is -1.93. The van der Waals surface area contributed by atoms with Gasteiger partial charge in [-0.25, -0.2) is 0 Å². The molecular formula is C6N18O12. The minimum atomic E-state index is -1.51. The summed E-state index contributed by atoms with van der Waals surface area (Å²) in [5, 5.41) is 86.3. The van der Waals surface area contributed by atoms with E-state index >= 15 is 0 Å². The van der Waals surface area contributed by atoms with Crippen molar-refractivity contribution < 1.29 is 30.2 Å². The maximum atomic E-state index is 10.6. The van der Waals surface area contributed by atoms with E-state index in [9.17, 15) is 60.7 Å². The van der Waals surface area contributed by atoms with Gasteiger partial charge in [-0.05, 0) is 0 Å². The Balaban J connectivity index is 4.56. The first kappa shape index (κ1) is 27.3. The van der Waals surface area contributed by atoms with Gasteiger partial charge in [0.2, 0.25) is 0 Å². The Kier molecular flexibility index (Phi) is 9.32. The van der Waals surface area contributed by atoms with Gasteiger partial charge < -0.3 is 60.7 Å². The smallest absolute Gasteiger partial charge is 0.320 e. The Labute approximate surface area is 188 Å². The highest BCUT2D eigenvalue weighted by molar-refractivity contribution is 6.00. The Morgan fingerprint density at radius 1 is 0.306 bits per heavy atom. The predicted molar refractivity (Wildman–Crippen MR) is 95.5 cm³/mol. The van der Waals surface area contributed by atoms with Crippen LogP contribution in [0, 0.1) is 60.7 Å². The van der Waals surface area contributed by atoms with Crippen molar-refractivity contribution in [3.63, 3.8) is 0 Å². The second kappa shape index (κ2) is 12.3. The molecule has 36 heavy (non-hydrogen) atoms. The summed E-state index contributed by atoms with van der Waals surface area (Å²) in [5.74, 6) is 0. The van der Waals surface area contributed by atoms with Gasteiger partial charge in [0, 0.05) is 0 Å². The molecule has 0 atom stereocenters. The summed E-state index contributed by atoms with van der Waals surface area (Å²) < 4.78 is 0. The van der Waals surface area contributed by atoms with Crippen molar-refractivity contribution in [1.29, 1.82) is 0 Å². The monoisotopic (exact) mass is 516 g/mol. The first-order valence-electron chi connectivity index (χ1n) is 7.43. The van der Waals surface area contributed by atoms with Gasteiger partial charge in [0.1, 0.15) is 0 Å². The van der Waals surface area contributed by atoms with Crippen molar-refractivity contribution in [3.05, 3.63) is 60.7 Å². The number of nitro groups is 6. The van der Waals surface area contributed by atoms with E-state index in [1.54, 1.807) is 0 Å². The predicted octanol–water partition coefficient (Wildman–Crippen LogP) is 3.34. The van der Waals surface area contributed by atoms with Gasteiger partial charge in [-0.3, -0.25) is 0 Å². The first-order chi connectivity index (χ1) is 16.8. The molecule has 0 saturated carbocycles. The van der Waals surface area contributed by atoms with Crippen LogP contribution in [0.2, 0.25) is 0 Å². The van der Waals surface area contributed by atoms with E-state index in [-0.39, 0.29) is 0 Å². The highest BCUT2D eigenvalue weighted by Gasteiger charge is 2.45. The fraction of sp³-hybridized carbons (Fsp3) is 0. The Hall–Kier alpha value is -6.78. The molecule has 0 aliphatic carbocycles. The summed E-state index contributed by atoms with van der Waals surface area (Å²) in [6.45, 7) is 0. The lowest BCUT2D eigenvalue weighted by molar-refractivity contribution is -0.494. The van der Waals surface area contributed by atoms with E-state index in [1.807, 2.05) is 0 Å². The molecule has 0 heterocycles. The van der Waals surface area contributed by atoms with E-state index in [2.05, 4.69) is 62.0 Å². The zero-order valence-corrected chi connectivity index (χ0v) is 15.9. The maximum Gasteiger partial charge on any atom is 0.320 e. The molecule has 1 aromatic carbocycles. The van der Waals surface area contributed by atoms with Crippen molar-refractivity contribution in [2.45, 2.75) is 0 Å². The molecule has 0 aliphatic rings. The summed E-state index contributed by atoms with van der Waals surface area (Å²) in [4.78, 5) is 63.7. The van der Waals surface area contributed by atoms with Gasteiger partial charge >= 0.3 is 34.1 Å². The number of nitrogens with zero attached hydrogens (tertiary/aromatic N) is 18. The Bertz CT molecular complexity index is 1030. The van der Waals surface area contributed by atoms with Crippen LogP contribution in [0.4, 0.5) is 34.1 Å². The van der Waals surface area contributed by atoms with Crippen LogP contribution in [0.1, 0.15) is 0 Å². The molecule has 0 amide bonds. The van der Waals surface area contributed by atoms with E-state index in [0.717, 1.165) is 0 Å². The van der Waals surface area contributed by atoms with E-state index in [1.165, 1.54) is 0 Å². The van der Waals surface area contributed by atoms with Crippen LogP contribution in [0.25, 0.3) is 0 Å². The van der Waals surface area contributed by atoms with Crippen molar-refractivity contribution >= 4 is 34.1 Å². The molecule has 0 saturated heterocycles. The summed E-state index contributed by atoms with van der Waals surface area (Å²) in [5.41, 5.74) is -8.01. The summed E-state index contributed by atoms with van der Waals surface area (Å²) in [6.07, 6.45) is 0. The third-order valence-electron chi connectivity index (χ3n) is 2.65. The molecule has 0 radical (unpaired) electrons. The quantitative estimate of drug-likeness (QED) is 0.219. The van der Waals surface area contributed by atoms with Crippen LogP contribution in [-0.2, 0) is 0 Å². The molecule has 0 N–H and O–H groups in total. The minimum Gasteiger partial charge on any atom is -0.337 e. The Morgan fingerprint density at radius 3 is 0.500 bits per heavy atom. The van der Waals surface area contributed by atoms with Crippen LogP contribution in [0.5, 0.6) is 0 Å². The average molecular weight is 516 g/mol. The fourth-order valence-electron chi connectivity index (χ4n) is 1.73. The van der Waals surface area contributed by atoms with Crippen LogP contribution in [-0.4, -0.2) is 30.2 Å². The van der Waals surface area contributed by atoms with Crippen molar-refractivity contribution in [1.82, 2.24) is 0 Å². The normalized spacial score (nSPS) is 12.0. The van der Waals surface area contributed by atoms with Gasteiger partial charge in [-0.15, -0.1) is 0 Å². The van der Waals surface area contributed by atoms with E-state index < -0.39 is 64.3 Å². The van der Waals surface area contributed by atoms with Gasteiger partial charge in [-0.1, -0.05) is 0 Å². The summed E-state index contributed by atoms with van der Waals surface area (Å²) in [6, 6.07) is 0. The van der Waals surface area contributed by atoms with Crippen LogP contribution >= 0.6 is 0 Å². The second-order valence-electron chi connectivity index (χ2n) is 4.66. The van der Waals surface area contributed by atoms with Gasteiger partial charge in [0.05, 0.1) is 60.9 Å². The molecule has 1 aromatic rings. The molecule has 0 unspecified atom stereocenters. The van der Waals surface area contributed by atoms with Crippen LogP contribution in [0.15, 0.2) is 62.0 Å². The highest BCUT2D eigenvalue weighted by Crippen LogP contribution is 2.58. The molecule has 30 nitrogen and oxygen atoms in total. The first-order valence-corrected chi connectivity index (χ1v) is 7.43.